The molecule has 0 N–H and O–H groups in total. The lowest BCUT2D eigenvalue weighted by atomic mass is 10.1. The van der Waals surface area contributed by atoms with E-state index in [1.54, 1.807) is 18.2 Å². The van der Waals surface area contributed by atoms with Crippen LogP contribution in [0.3, 0.4) is 0 Å². The third-order valence-electron chi connectivity index (χ3n) is 3.04. The van der Waals surface area contributed by atoms with Gasteiger partial charge in [-0.1, -0.05) is 34.9 Å². The molecule has 24 heavy (non-hydrogen) atoms. The lowest BCUT2D eigenvalue weighted by Gasteiger charge is -2.14. The minimum Gasteiger partial charge on any atom is -0.466 e. The first kappa shape index (κ1) is 18.0. The Balaban J connectivity index is 2.39. The topological polar surface area (TPSA) is 78.6 Å². The Morgan fingerprint density at radius 3 is 2.58 bits per heavy atom. The summed E-state index contributed by atoms with van der Waals surface area (Å²) in [5.41, 5.74) is 0.861. The normalized spacial score (nSPS) is 11.7. The summed E-state index contributed by atoms with van der Waals surface area (Å²) in [4.78, 5) is 23.0. The summed E-state index contributed by atoms with van der Waals surface area (Å²) >= 11 is 12.0. The van der Waals surface area contributed by atoms with E-state index < -0.39 is 18.0 Å². The Morgan fingerprint density at radius 1 is 1.29 bits per heavy atom. The van der Waals surface area contributed by atoms with Gasteiger partial charge in [0.25, 0.3) is 0 Å². The van der Waals surface area contributed by atoms with Crippen LogP contribution in [-0.4, -0.2) is 24.2 Å². The summed E-state index contributed by atoms with van der Waals surface area (Å²) in [7, 11) is 1.19. The number of methoxy groups -OCH3 is 1. The number of aromatic nitrogens is 1. The largest absolute Gasteiger partial charge is 0.466 e. The second-order valence-electron chi connectivity index (χ2n) is 4.74. The van der Waals surface area contributed by atoms with Crippen molar-refractivity contribution in [2.45, 2.75) is 13.0 Å². The third kappa shape index (κ3) is 3.96. The maximum Gasteiger partial charge on any atom is 0.337 e. The summed E-state index contributed by atoms with van der Waals surface area (Å²) < 4.78 is 14.9. The maximum atomic E-state index is 11.7. The highest BCUT2D eigenvalue weighted by Crippen LogP contribution is 2.33. The number of carbonyl (C=O) groups is 2. The molecule has 1 aromatic heterocycles. The van der Waals surface area contributed by atoms with Gasteiger partial charge in [0.1, 0.15) is 5.69 Å². The number of esters is 2. The maximum absolute atomic E-state index is 11.7. The molecule has 0 bridgehead atoms. The van der Waals surface area contributed by atoms with Gasteiger partial charge in [-0.05, 0) is 18.2 Å². The number of rotatable bonds is 5. The summed E-state index contributed by atoms with van der Waals surface area (Å²) in [6.45, 7) is 4.78. The van der Waals surface area contributed by atoms with E-state index in [4.69, 9.17) is 32.5 Å². The molecule has 2 rings (SSSR count). The molecule has 8 heteroatoms. The molecule has 0 amide bonds. The van der Waals surface area contributed by atoms with Crippen molar-refractivity contribution >= 4 is 35.1 Å². The zero-order valence-electron chi connectivity index (χ0n) is 12.8. The Hall–Kier alpha value is -2.31. The molecule has 0 radical (unpaired) electrons. The van der Waals surface area contributed by atoms with Gasteiger partial charge in [0, 0.05) is 23.6 Å². The van der Waals surface area contributed by atoms with Crippen molar-refractivity contribution in [3.05, 3.63) is 52.2 Å². The van der Waals surface area contributed by atoms with E-state index in [-0.39, 0.29) is 11.3 Å². The van der Waals surface area contributed by atoms with Gasteiger partial charge in [-0.3, -0.25) is 4.79 Å². The van der Waals surface area contributed by atoms with Crippen molar-refractivity contribution in [1.29, 1.82) is 0 Å². The van der Waals surface area contributed by atoms with Gasteiger partial charge < -0.3 is 14.0 Å². The molecule has 126 valence electrons. The Bertz CT molecular complexity index is 800. The number of ether oxygens (including phenoxy) is 2. The van der Waals surface area contributed by atoms with Crippen LogP contribution in [0.5, 0.6) is 0 Å². The van der Waals surface area contributed by atoms with E-state index in [9.17, 15) is 9.59 Å². The van der Waals surface area contributed by atoms with Crippen LogP contribution in [0.15, 0.2) is 40.9 Å². The van der Waals surface area contributed by atoms with Gasteiger partial charge in [0.15, 0.2) is 11.9 Å². The van der Waals surface area contributed by atoms with Crippen LogP contribution in [0, 0.1) is 0 Å². The fraction of sp³-hybridized carbons (Fsp3) is 0.188. The van der Waals surface area contributed by atoms with Crippen LogP contribution in [-0.2, 0) is 19.1 Å². The van der Waals surface area contributed by atoms with Gasteiger partial charge in [0.05, 0.1) is 17.7 Å². The lowest BCUT2D eigenvalue weighted by molar-refractivity contribution is -0.148. The molecule has 0 aliphatic carbocycles. The lowest BCUT2D eigenvalue weighted by Crippen LogP contribution is -2.17. The van der Waals surface area contributed by atoms with Crippen LogP contribution < -0.4 is 0 Å². The van der Waals surface area contributed by atoms with E-state index in [0.717, 1.165) is 0 Å². The second-order valence-corrected chi connectivity index (χ2v) is 5.59. The molecular weight excluding hydrogens is 357 g/mol. The van der Waals surface area contributed by atoms with Crippen molar-refractivity contribution in [1.82, 2.24) is 5.16 Å². The van der Waals surface area contributed by atoms with E-state index >= 15 is 0 Å². The van der Waals surface area contributed by atoms with Crippen LogP contribution in [0.25, 0.3) is 11.3 Å². The fourth-order valence-electron chi connectivity index (χ4n) is 1.94. The van der Waals surface area contributed by atoms with Gasteiger partial charge in [-0.2, -0.15) is 0 Å². The van der Waals surface area contributed by atoms with Gasteiger partial charge >= 0.3 is 11.9 Å². The van der Waals surface area contributed by atoms with Crippen LogP contribution in [0.1, 0.15) is 18.8 Å². The smallest absolute Gasteiger partial charge is 0.337 e. The van der Waals surface area contributed by atoms with E-state index in [1.807, 2.05) is 0 Å². The van der Waals surface area contributed by atoms with E-state index in [0.29, 0.717) is 21.3 Å². The molecule has 1 atom stereocenters. The summed E-state index contributed by atoms with van der Waals surface area (Å²) in [6, 6.07) is 6.37. The zero-order chi connectivity index (χ0) is 17.9. The molecule has 0 aliphatic rings. The number of halogens is 2. The quantitative estimate of drug-likeness (QED) is 0.585. The van der Waals surface area contributed by atoms with E-state index in [1.165, 1.54) is 20.1 Å². The van der Waals surface area contributed by atoms with Crippen LogP contribution in [0.4, 0.5) is 0 Å². The first-order chi connectivity index (χ1) is 11.3. The standard InChI is InChI=1S/C16H13Cl2NO5/c1-8(16(21)22-3)15(23-9(2)20)14-7-13(19-24-14)11-5-4-10(17)6-12(11)18/h4-7,15H,1H2,2-3H3. The Labute approximate surface area is 147 Å². The number of carbonyl (C=O) groups excluding carboxylic acids is 2. The minimum atomic E-state index is -1.15. The number of benzene rings is 1. The summed E-state index contributed by atoms with van der Waals surface area (Å²) in [6.07, 6.45) is -1.15. The minimum absolute atomic E-state index is 0.0994. The molecule has 0 saturated carbocycles. The Morgan fingerprint density at radius 2 is 2.00 bits per heavy atom. The fourth-order valence-corrected chi connectivity index (χ4v) is 2.45. The predicted octanol–water partition coefficient (Wildman–Crippen LogP) is 3.98. The van der Waals surface area contributed by atoms with Crippen LogP contribution in [0.2, 0.25) is 10.0 Å². The summed E-state index contributed by atoms with van der Waals surface area (Å²) in [5, 5.41) is 4.74. The van der Waals surface area contributed by atoms with Crippen LogP contribution >= 0.6 is 23.2 Å². The average Bonchev–Trinajstić information content (AvgIpc) is 3.00. The number of nitrogens with zero attached hydrogens (tertiary/aromatic N) is 1. The third-order valence-corrected chi connectivity index (χ3v) is 3.59. The molecular formula is C16H13Cl2NO5. The Kier molecular flexibility index (Phi) is 5.64. The highest BCUT2D eigenvalue weighted by atomic mass is 35.5. The molecule has 1 heterocycles. The van der Waals surface area contributed by atoms with Gasteiger partial charge in [-0.25, -0.2) is 4.79 Å². The highest BCUT2D eigenvalue weighted by molar-refractivity contribution is 6.36. The highest BCUT2D eigenvalue weighted by Gasteiger charge is 2.29. The first-order valence-corrected chi connectivity index (χ1v) is 7.45. The molecule has 2 aromatic rings. The van der Waals surface area contributed by atoms with Gasteiger partial charge in [0.2, 0.25) is 0 Å². The van der Waals surface area contributed by atoms with Crippen molar-refractivity contribution < 1.29 is 23.6 Å². The molecule has 1 unspecified atom stereocenters. The van der Waals surface area contributed by atoms with E-state index in [2.05, 4.69) is 16.5 Å². The predicted molar refractivity (Wildman–Crippen MR) is 87.6 cm³/mol. The SMILES string of the molecule is C=C(C(=O)OC)C(OC(C)=O)c1cc(-c2ccc(Cl)cc2Cl)no1. The second kappa shape index (κ2) is 7.51. The molecule has 6 nitrogen and oxygen atoms in total. The first-order valence-electron chi connectivity index (χ1n) is 6.70. The average molecular weight is 370 g/mol. The molecule has 0 aliphatic heterocycles. The van der Waals surface area contributed by atoms with Crippen molar-refractivity contribution in [3.63, 3.8) is 0 Å². The van der Waals surface area contributed by atoms with Crippen molar-refractivity contribution in [3.8, 4) is 11.3 Å². The number of hydrogen-bond donors (Lipinski definition) is 0. The summed E-state index contributed by atoms with van der Waals surface area (Å²) in [5.74, 6) is -1.24. The number of hydrogen-bond acceptors (Lipinski definition) is 6. The molecule has 0 fully saturated rings. The van der Waals surface area contributed by atoms with Crippen molar-refractivity contribution in [2.75, 3.05) is 7.11 Å². The molecule has 0 saturated heterocycles. The van der Waals surface area contributed by atoms with Gasteiger partial charge in [-0.15, -0.1) is 0 Å². The molecule has 0 spiro atoms. The zero-order valence-corrected chi connectivity index (χ0v) is 14.4. The monoisotopic (exact) mass is 369 g/mol. The molecule has 1 aromatic carbocycles. The van der Waals surface area contributed by atoms with Crippen molar-refractivity contribution in [2.24, 2.45) is 0 Å².